The Balaban J connectivity index is 1.86. The van der Waals surface area contributed by atoms with Crippen LogP contribution >= 0.6 is 0 Å². The number of amidine groups is 1. The second-order valence-electron chi connectivity index (χ2n) is 12.0. The Morgan fingerprint density at radius 2 is 1.62 bits per heavy atom. The van der Waals surface area contributed by atoms with Crippen LogP contribution in [0, 0.1) is 0 Å². The highest BCUT2D eigenvalue weighted by Crippen LogP contribution is 2.40. The number of hydrogen-bond donors (Lipinski definition) is 1. The maximum atomic E-state index is 13.5. The van der Waals surface area contributed by atoms with Crippen molar-refractivity contribution in [3.63, 3.8) is 0 Å². The van der Waals surface area contributed by atoms with Gasteiger partial charge in [0, 0.05) is 6.61 Å². The van der Waals surface area contributed by atoms with Crippen molar-refractivity contribution in [2.75, 3.05) is 6.61 Å². The highest BCUT2D eigenvalue weighted by Gasteiger charge is 2.50. The average molecular weight is 651 g/mol. The Morgan fingerprint density at radius 3 is 2.12 bits per heavy atom. The van der Waals surface area contributed by atoms with Crippen molar-refractivity contribution < 1.29 is 43.4 Å². The van der Waals surface area contributed by atoms with E-state index in [1.165, 1.54) is 12.1 Å². The number of alkyl halides is 3. The monoisotopic (exact) mass is 650 g/mol. The van der Waals surface area contributed by atoms with Gasteiger partial charge in [-0.1, -0.05) is 63.2 Å². The molecular formula is C27H37F3N2O7S2Si. The standard InChI is InChI=1S/C27H37F3N2O7S2Si/c1-25(2,3)42(6,7)37-18-17-22(19-11-9-8-10-12-19)31-24-32-40(33,34)23(26(4,5)38-24)20-13-15-21(16-14-20)39-41(35,36)27(28,29)30/h8-16,22-23H,17-18H2,1-7H3,(H,31,32)/t22-,23?/m0/s1. The van der Waals surface area contributed by atoms with E-state index in [1.54, 1.807) is 13.8 Å². The fraction of sp³-hybridized carbons (Fsp3) is 0.519. The summed E-state index contributed by atoms with van der Waals surface area (Å²) in [7, 11) is -12.1. The summed E-state index contributed by atoms with van der Waals surface area (Å²) in [6, 6.07) is 12.9. The summed E-state index contributed by atoms with van der Waals surface area (Å²) in [6.07, 6.45) is 0.470. The van der Waals surface area contributed by atoms with E-state index in [1.807, 2.05) is 30.3 Å². The van der Waals surface area contributed by atoms with Crippen LogP contribution in [0.1, 0.15) is 63.5 Å². The molecule has 3 rings (SSSR count). The van der Waals surface area contributed by atoms with Gasteiger partial charge in [0.2, 0.25) is 10.0 Å². The number of rotatable bonds is 9. The van der Waals surface area contributed by atoms with E-state index in [4.69, 9.17) is 9.16 Å². The highest BCUT2D eigenvalue weighted by atomic mass is 32.2. The minimum atomic E-state index is -5.88. The quantitative estimate of drug-likeness (QED) is 0.195. The van der Waals surface area contributed by atoms with Crippen molar-refractivity contribution in [2.24, 2.45) is 4.99 Å². The minimum Gasteiger partial charge on any atom is -0.457 e. The van der Waals surface area contributed by atoms with Gasteiger partial charge in [-0.15, -0.1) is 0 Å². The van der Waals surface area contributed by atoms with Crippen LogP contribution in [0.3, 0.4) is 0 Å². The summed E-state index contributed by atoms with van der Waals surface area (Å²) in [5.41, 5.74) is -5.99. The Bertz CT molecular complexity index is 1490. The molecule has 2 aromatic carbocycles. The maximum absolute atomic E-state index is 13.5. The van der Waals surface area contributed by atoms with Crippen LogP contribution in [-0.4, -0.2) is 48.9 Å². The number of nitrogens with zero attached hydrogens (tertiary/aromatic N) is 1. The molecule has 9 nitrogen and oxygen atoms in total. The molecule has 42 heavy (non-hydrogen) atoms. The molecule has 0 bridgehead atoms. The first-order valence-electron chi connectivity index (χ1n) is 13.1. The first-order valence-corrected chi connectivity index (χ1v) is 19.0. The smallest absolute Gasteiger partial charge is 0.457 e. The molecule has 0 aromatic heterocycles. The molecule has 2 atom stereocenters. The summed E-state index contributed by atoms with van der Waals surface area (Å²) in [4.78, 5) is 4.63. The fourth-order valence-corrected chi connectivity index (χ4v) is 7.43. The van der Waals surface area contributed by atoms with Crippen LogP contribution in [0.5, 0.6) is 5.75 Å². The molecule has 2 aromatic rings. The van der Waals surface area contributed by atoms with Crippen molar-refractivity contribution in [1.82, 2.24) is 4.72 Å². The summed E-state index contributed by atoms with van der Waals surface area (Å²) >= 11 is 0. The number of nitrogens with one attached hydrogen (secondary N) is 1. The third-order valence-corrected chi connectivity index (χ3v) is 14.8. The first-order chi connectivity index (χ1) is 19.1. The predicted octanol–water partition coefficient (Wildman–Crippen LogP) is 6.19. The van der Waals surface area contributed by atoms with Gasteiger partial charge in [0.1, 0.15) is 16.6 Å². The lowest BCUT2D eigenvalue weighted by Crippen LogP contribution is -2.53. The molecule has 0 radical (unpaired) electrons. The third-order valence-electron chi connectivity index (χ3n) is 7.32. The second kappa shape index (κ2) is 11.8. The van der Waals surface area contributed by atoms with E-state index in [-0.39, 0.29) is 16.6 Å². The van der Waals surface area contributed by atoms with Crippen LogP contribution in [-0.2, 0) is 29.3 Å². The molecule has 234 valence electrons. The van der Waals surface area contributed by atoms with E-state index < -0.39 is 56.6 Å². The van der Waals surface area contributed by atoms with Gasteiger partial charge in [0.25, 0.3) is 6.02 Å². The maximum Gasteiger partial charge on any atom is 0.534 e. The summed E-state index contributed by atoms with van der Waals surface area (Å²) in [6.45, 7) is 14.2. The molecule has 1 aliphatic heterocycles. The van der Waals surface area contributed by atoms with Crippen molar-refractivity contribution in [3.8, 4) is 5.75 Å². The molecule has 1 unspecified atom stereocenters. The number of ether oxygens (including phenoxy) is 1. The summed E-state index contributed by atoms with van der Waals surface area (Å²) < 4.78 is 106. The van der Waals surface area contributed by atoms with Gasteiger partial charge in [-0.2, -0.15) is 21.6 Å². The van der Waals surface area contributed by atoms with Crippen LogP contribution in [0.15, 0.2) is 59.6 Å². The van der Waals surface area contributed by atoms with Gasteiger partial charge in [0.05, 0.1) is 6.04 Å². The zero-order valence-electron chi connectivity index (χ0n) is 24.5. The van der Waals surface area contributed by atoms with E-state index in [0.717, 1.165) is 17.7 Å². The molecule has 1 saturated heterocycles. The molecule has 1 heterocycles. The molecule has 15 heteroatoms. The van der Waals surface area contributed by atoms with E-state index in [0.29, 0.717) is 13.0 Å². The van der Waals surface area contributed by atoms with Crippen LogP contribution in [0.4, 0.5) is 13.2 Å². The Kier molecular flexibility index (Phi) is 9.53. The number of hydrogen-bond acceptors (Lipinski definition) is 8. The van der Waals surface area contributed by atoms with Gasteiger partial charge in [-0.3, -0.25) is 0 Å². The zero-order valence-corrected chi connectivity index (χ0v) is 27.2. The lowest BCUT2D eigenvalue weighted by atomic mass is 9.97. The largest absolute Gasteiger partial charge is 0.534 e. The molecule has 0 aliphatic carbocycles. The molecular weight excluding hydrogens is 614 g/mol. The summed E-state index contributed by atoms with van der Waals surface area (Å²) in [5, 5.41) is -1.30. The van der Waals surface area contributed by atoms with Crippen LogP contribution in [0.25, 0.3) is 0 Å². The third kappa shape index (κ3) is 7.85. The van der Waals surface area contributed by atoms with Crippen LogP contribution < -0.4 is 8.91 Å². The van der Waals surface area contributed by atoms with Gasteiger partial charge < -0.3 is 13.3 Å². The molecule has 1 N–H and O–H groups in total. The van der Waals surface area contributed by atoms with Crippen molar-refractivity contribution >= 4 is 34.5 Å². The van der Waals surface area contributed by atoms with E-state index >= 15 is 0 Å². The van der Waals surface area contributed by atoms with E-state index in [2.05, 4.69) is 47.8 Å². The second-order valence-corrected chi connectivity index (χ2v) is 20.2. The van der Waals surface area contributed by atoms with Gasteiger partial charge >= 0.3 is 15.6 Å². The normalized spacial score (nSPS) is 20.8. The van der Waals surface area contributed by atoms with Gasteiger partial charge in [-0.25, -0.2) is 18.1 Å². The number of halogens is 3. The van der Waals surface area contributed by atoms with Crippen molar-refractivity contribution in [1.29, 1.82) is 0 Å². The Labute approximate surface area is 246 Å². The Morgan fingerprint density at radius 1 is 1.05 bits per heavy atom. The zero-order chi connectivity index (χ0) is 31.8. The SMILES string of the molecule is CC1(C)OC(=N[C@@H](CCO[Si](C)(C)C(C)(C)C)c2ccccc2)NS(=O)(=O)C1c1ccc(OS(=O)(=O)C(F)(F)F)cc1. The predicted molar refractivity (Wildman–Crippen MR) is 156 cm³/mol. The first kappa shape index (κ1) is 33.9. The van der Waals surface area contributed by atoms with Crippen molar-refractivity contribution in [2.45, 2.75) is 81.6 Å². The number of benzene rings is 2. The Hall–Kier alpha value is -2.62. The molecule has 1 aliphatic rings. The van der Waals surface area contributed by atoms with Gasteiger partial charge in [0.15, 0.2) is 8.32 Å². The molecule has 1 fully saturated rings. The number of aliphatic imine (C=N–C) groups is 1. The lowest BCUT2D eigenvalue weighted by Gasteiger charge is -2.39. The topological polar surface area (TPSA) is 120 Å². The molecule has 0 amide bonds. The summed E-state index contributed by atoms with van der Waals surface area (Å²) in [5.74, 6) is -0.621. The minimum absolute atomic E-state index is 0.0131. The fourth-order valence-electron chi connectivity index (χ4n) is 4.15. The highest BCUT2D eigenvalue weighted by molar-refractivity contribution is 7.90. The van der Waals surface area contributed by atoms with E-state index in [9.17, 15) is 30.0 Å². The molecule has 0 spiro atoms. The van der Waals surface area contributed by atoms with Crippen LogP contribution in [0.2, 0.25) is 18.1 Å². The van der Waals surface area contributed by atoms with Crippen molar-refractivity contribution in [3.05, 3.63) is 65.7 Å². The average Bonchev–Trinajstić information content (AvgIpc) is 2.82. The molecule has 0 saturated carbocycles. The lowest BCUT2D eigenvalue weighted by molar-refractivity contribution is -0.0500. The number of sulfonamides is 1. The van der Waals surface area contributed by atoms with Gasteiger partial charge in [-0.05, 0) is 61.7 Å².